The first kappa shape index (κ1) is 11.5. The molecule has 5 nitrogen and oxygen atoms in total. The van der Waals surface area contributed by atoms with Crippen LogP contribution in [0.4, 0.5) is 5.95 Å². The van der Waals surface area contributed by atoms with E-state index in [-0.39, 0.29) is 18.8 Å². The van der Waals surface area contributed by atoms with Gasteiger partial charge in [-0.15, -0.1) is 0 Å². The van der Waals surface area contributed by atoms with Crippen LogP contribution in [-0.4, -0.2) is 47.5 Å². The van der Waals surface area contributed by atoms with Crippen molar-refractivity contribution in [2.24, 2.45) is 0 Å². The Hall–Kier alpha value is -1.59. The molecular weight excluding hydrogens is 230 g/mol. The summed E-state index contributed by atoms with van der Waals surface area (Å²) < 4.78 is 5.37. The molecule has 0 spiro atoms. The third-order valence-corrected chi connectivity index (χ3v) is 3.57. The Morgan fingerprint density at radius 2 is 2.33 bits per heavy atom. The second-order valence-corrected chi connectivity index (χ2v) is 4.66. The Morgan fingerprint density at radius 3 is 3.06 bits per heavy atom. The number of hydrogen-bond acceptors (Lipinski definition) is 4. The summed E-state index contributed by atoms with van der Waals surface area (Å²) in [7, 11) is 1.71. The second kappa shape index (κ2) is 4.59. The van der Waals surface area contributed by atoms with Gasteiger partial charge in [0.2, 0.25) is 5.95 Å². The fourth-order valence-corrected chi connectivity index (χ4v) is 2.55. The fraction of sp³-hybridized carbons (Fsp3) is 0.462. The van der Waals surface area contributed by atoms with Gasteiger partial charge < -0.3 is 19.7 Å². The van der Waals surface area contributed by atoms with Gasteiger partial charge in [-0.2, -0.15) is 0 Å². The van der Waals surface area contributed by atoms with Crippen molar-refractivity contribution < 1.29 is 9.84 Å². The Balaban J connectivity index is 1.93. The molecule has 2 atom stereocenters. The molecule has 1 fully saturated rings. The molecule has 0 bridgehead atoms. The molecule has 0 unspecified atom stereocenters. The van der Waals surface area contributed by atoms with E-state index in [0.717, 1.165) is 29.9 Å². The van der Waals surface area contributed by atoms with Gasteiger partial charge in [-0.05, 0) is 18.6 Å². The minimum absolute atomic E-state index is 0.0792. The predicted molar refractivity (Wildman–Crippen MR) is 69.7 cm³/mol. The highest BCUT2D eigenvalue weighted by Gasteiger charge is 2.33. The zero-order chi connectivity index (χ0) is 12.5. The maximum atomic E-state index is 9.45. The molecule has 1 aliphatic rings. The highest BCUT2D eigenvalue weighted by molar-refractivity contribution is 5.77. The summed E-state index contributed by atoms with van der Waals surface area (Å²) in [6.07, 6.45) is 1.000. The maximum Gasteiger partial charge on any atom is 0.204 e. The van der Waals surface area contributed by atoms with Gasteiger partial charge in [0, 0.05) is 13.7 Å². The smallest absolute Gasteiger partial charge is 0.204 e. The van der Waals surface area contributed by atoms with Gasteiger partial charge in [0.1, 0.15) is 0 Å². The van der Waals surface area contributed by atoms with Crippen LogP contribution in [0.25, 0.3) is 11.0 Å². The van der Waals surface area contributed by atoms with Crippen LogP contribution < -0.4 is 4.90 Å². The molecule has 1 aromatic carbocycles. The number of fused-ring (bicyclic) bond motifs is 1. The van der Waals surface area contributed by atoms with Crippen molar-refractivity contribution in [2.45, 2.75) is 18.6 Å². The van der Waals surface area contributed by atoms with Crippen LogP contribution in [0, 0.1) is 0 Å². The van der Waals surface area contributed by atoms with Crippen molar-refractivity contribution in [1.82, 2.24) is 9.97 Å². The van der Waals surface area contributed by atoms with Crippen molar-refractivity contribution >= 4 is 17.0 Å². The molecule has 1 aliphatic heterocycles. The van der Waals surface area contributed by atoms with Gasteiger partial charge in [-0.3, -0.25) is 0 Å². The monoisotopic (exact) mass is 247 g/mol. The fourth-order valence-electron chi connectivity index (χ4n) is 2.55. The number of rotatable bonds is 3. The number of benzene rings is 1. The number of H-pyrrole nitrogens is 1. The van der Waals surface area contributed by atoms with E-state index < -0.39 is 0 Å². The van der Waals surface area contributed by atoms with Crippen molar-refractivity contribution in [2.75, 3.05) is 25.2 Å². The number of imidazole rings is 1. The number of methoxy groups -OCH3 is 1. The van der Waals surface area contributed by atoms with Gasteiger partial charge in [0.15, 0.2) is 0 Å². The lowest BCUT2D eigenvalue weighted by Gasteiger charge is -2.21. The first-order valence-corrected chi connectivity index (χ1v) is 6.17. The van der Waals surface area contributed by atoms with Crippen molar-refractivity contribution in [3.63, 3.8) is 0 Å². The Morgan fingerprint density at radius 1 is 1.50 bits per heavy atom. The van der Waals surface area contributed by atoms with Gasteiger partial charge >= 0.3 is 0 Å². The molecule has 0 aliphatic carbocycles. The Labute approximate surface area is 105 Å². The van der Waals surface area contributed by atoms with Gasteiger partial charge in [-0.1, -0.05) is 12.1 Å². The van der Waals surface area contributed by atoms with Crippen molar-refractivity contribution in [1.29, 1.82) is 0 Å². The highest BCUT2D eigenvalue weighted by atomic mass is 16.5. The third kappa shape index (κ3) is 1.85. The quantitative estimate of drug-likeness (QED) is 0.854. The summed E-state index contributed by atoms with van der Waals surface area (Å²) in [5, 5.41) is 9.45. The maximum absolute atomic E-state index is 9.45. The molecule has 2 aromatic rings. The lowest BCUT2D eigenvalue weighted by molar-refractivity contribution is 0.115. The molecule has 3 rings (SSSR count). The summed E-state index contributed by atoms with van der Waals surface area (Å²) in [4.78, 5) is 9.95. The molecular formula is C13H17N3O2. The van der Waals surface area contributed by atoms with E-state index in [4.69, 9.17) is 4.74 Å². The minimum Gasteiger partial charge on any atom is -0.394 e. The van der Waals surface area contributed by atoms with E-state index in [1.165, 1.54) is 0 Å². The Bertz CT molecular complexity index is 507. The number of aliphatic hydroxyl groups is 1. The predicted octanol–water partition coefficient (Wildman–Crippen LogP) is 1.15. The number of aromatic nitrogens is 2. The number of aromatic amines is 1. The number of ether oxygens (including phenoxy) is 1. The molecule has 1 saturated heterocycles. The molecule has 2 heterocycles. The molecule has 1 aromatic heterocycles. The SMILES string of the molecule is CO[C@@H]1C[C@@H](CO)N(c2nc3ccccc3[nH]2)C1. The third-order valence-electron chi connectivity index (χ3n) is 3.57. The Kier molecular flexibility index (Phi) is 2.93. The van der Waals surface area contributed by atoms with Gasteiger partial charge in [0.25, 0.3) is 0 Å². The van der Waals surface area contributed by atoms with Crippen LogP contribution in [0.5, 0.6) is 0 Å². The normalized spacial score (nSPS) is 24.0. The molecule has 2 N–H and O–H groups in total. The summed E-state index contributed by atoms with van der Waals surface area (Å²) >= 11 is 0. The van der Waals surface area contributed by atoms with E-state index in [1.54, 1.807) is 7.11 Å². The summed E-state index contributed by atoms with van der Waals surface area (Å²) in [6, 6.07) is 8.01. The van der Waals surface area contributed by atoms with Crippen LogP contribution in [0.3, 0.4) is 0 Å². The number of anilines is 1. The molecule has 0 amide bonds. The zero-order valence-corrected chi connectivity index (χ0v) is 10.3. The second-order valence-electron chi connectivity index (χ2n) is 4.66. The number of nitrogens with zero attached hydrogens (tertiary/aromatic N) is 2. The highest BCUT2D eigenvalue weighted by Crippen LogP contribution is 2.26. The summed E-state index contributed by atoms with van der Waals surface area (Å²) in [5.41, 5.74) is 1.97. The van der Waals surface area contributed by atoms with Crippen LogP contribution in [0.15, 0.2) is 24.3 Å². The molecule has 96 valence electrons. The first-order valence-electron chi connectivity index (χ1n) is 6.17. The standard InChI is InChI=1S/C13H17N3O2/c1-18-10-6-9(8-17)16(7-10)13-14-11-4-2-3-5-12(11)15-13/h2-5,9-10,17H,6-8H2,1H3,(H,14,15)/t9-,10+/m0/s1. The average Bonchev–Trinajstić information content (AvgIpc) is 3.01. The van der Waals surface area contributed by atoms with E-state index in [0.29, 0.717) is 0 Å². The van der Waals surface area contributed by atoms with Crippen molar-refractivity contribution in [3.8, 4) is 0 Å². The molecule has 0 radical (unpaired) electrons. The molecule has 0 saturated carbocycles. The van der Waals surface area contributed by atoms with E-state index >= 15 is 0 Å². The van der Waals surface area contributed by atoms with E-state index in [1.807, 2.05) is 24.3 Å². The van der Waals surface area contributed by atoms with Crippen molar-refractivity contribution in [3.05, 3.63) is 24.3 Å². The van der Waals surface area contributed by atoms with E-state index in [2.05, 4.69) is 14.9 Å². The van der Waals surface area contributed by atoms with Gasteiger partial charge in [-0.25, -0.2) is 4.98 Å². The van der Waals surface area contributed by atoms with Crippen LogP contribution in [-0.2, 0) is 4.74 Å². The van der Waals surface area contributed by atoms with Crippen LogP contribution in [0.2, 0.25) is 0 Å². The number of aliphatic hydroxyl groups excluding tert-OH is 1. The van der Waals surface area contributed by atoms with E-state index in [9.17, 15) is 5.11 Å². The first-order chi connectivity index (χ1) is 8.81. The molecule has 18 heavy (non-hydrogen) atoms. The zero-order valence-electron chi connectivity index (χ0n) is 10.3. The lowest BCUT2D eigenvalue weighted by atomic mass is 10.2. The van der Waals surface area contributed by atoms with Crippen LogP contribution >= 0.6 is 0 Å². The van der Waals surface area contributed by atoms with Crippen LogP contribution in [0.1, 0.15) is 6.42 Å². The summed E-state index contributed by atoms with van der Waals surface area (Å²) in [6.45, 7) is 0.887. The minimum atomic E-state index is 0.0792. The summed E-state index contributed by atoms with van der Waals surface area (Å²) in [5.74, 6) is 0.815. The number of nitrogens with one attached hydrogen (secondary N) is 1. The lowest BCUT2D eigenvalue weighted by Crippen LogP contribution is -2.33. The molecule has 5 heteroatoms. The van der Waals surface area contributed by atoms with Gasteiger partial charge in [0.05, 0.1) is 29.8 Å². The number of hydrogen-bond donors (Lipinski definition) is 2. The number of para-hydroxylation sites is 2. The largest absolute Gasteiger partial charge is 0.394 e. The average molecular weight is 247 g/mol. The topological polar surface area (TPSA) is 61.4 Å².